The van der Waals surface area contributed by atoms with Crippen LogP contribution in [0.3, 0.4) is 0 Å². The Morgan fingerprint density at radius 2 is 1.91 bits per heavy atom. The summed E-state index contributed by atoms with van der Waals surface area (Å²) in [6, 6.07) is 15.5. The molecule has 0 spiro atoms. The number of ether oxygens (including phenoxy) is 1. The summed E-state index contributed by atoms with van der Waals surface area (Å²) in [7, 11) is 0. The number of carbonyl (C=O) groups excluding carboxylic acids is 2. The number of carbonyl (C=O) groups is 2. The lowest BCUT2D eigenvalue weighted by atomic mass is 10.00. The van der Waals surface area contributed by atoms with Gasteiger partial charge in [0, 0.05) is 18.0 Å². The van der Waals surface area contributed by atoms with Crippen molar-refractivity contribution in [1.82, 2.24) is 9.80 Å². The summed E-state index contributed by atoms with van der Waals surface area (Å²) in [5.41, 5.74) is 2.23. The Balaban J connectivity index is 1.52. The second-order valence-electron chi connectivity index (χ2n) is 8.48. The van der Waals surface area contributed by atoms with Crippen molar-refractivity contribution in [1.29, 1.82) is 0 Å². The van der Waals surface area contributed by atoms with Crippen molar-refractivity contribution in [2.24, 2.45) is 0 Å². The van der Waals surface area contributed by atoms with Crippen molar-refractivity contribution in [2.75, 3.05) is 26.2 Å². The van der Waals surface area contributed by atoms with Gasteiger partial charge in [0.05, 0.1) is 11.6 Å². The minimum atomic E-state index is -0.577. The number of hydrogen-bond donors (Lipinski definition) is 0. The molecule has 0 N–H and O–H groups in total. The Bertz CT molecular complexity index is 1140. The van der Waals surface area contributed by atoms with Crippen LogP contribution < -0.4 is 4.74 Å². The molecule has 7 heteroatoms. The Hall–Kier alpha value is -3.19. The van der Waals surface area contributed by atoms with Gasteiger partial charge in [-0.25, -0.2) is 4.39 Å². The number of fused-ring (bicyclic) bond motifs is 1. The molecule has 1 aliphatic heterocycles. The van der Waals surface area contributed by atoms with Crippen LogP contribution in [0, 0.1) is 12.7 Å². The topological polar surface area (TPSA) is 49.9 Å². The quantitative estimate of drug-likeness (QED) is 0.442. The first-order chi connectivity index (χ1) is 16.5. The van der Waals surface area contributed by atoms with Crippen LogP contribution in [0.2, 0.25) is 0 Å². The van der Waals surface area contributed by atoms with E-state index >= 15 is 0 Å². The Morgan fingerprint density at radius 3 is 2.65 bits per heavy atom. The molecule has 2 aromatic carbocycles. The van der Waals surface area contributed by atoms with Crippen molar-refractivity contribution in [3.05, 3.63) is 87.4 Å². The van der Waals surface area contributed by atoms with Gasteiger partial charge >= 0.3 is 0 Å². The van der Waals surface area contributed by atoms with E-state index in [0.29, 0.717) is 26.1 Å². The Kier molecular flexibility index (Phi) is 7.63. The average molecular weight is 481 g/mol. The second-order valence-corrected chi connectivity index (χ2v) is 9.48. The predicted octanol–water partition coefficient (Wildman–Crippen LogP) is 5.25. The molecule has 3 aromatic rings. The molecule has 1 aliphatic rings. The molecule has 2 amide bonds. The summed E-state index contributed by atoms with van der Waals surface area (Å²) in [5.74, 6) is -0.449. The molecular weight excluding hydrogens is 451 g/mol. The number of nitrogens with zero attached hydrogens (tertiary/aromatic N) is 2. The van der Waals surface area contributed by atoms with Crippen molar-refractivity contribution in [2.45, 2.75) is 32.7 Å². The number of amides is 2. The van der Waals surface area contributed by atoms with Gasteiger partial charge in [-0.15, -0.1) is 11.3 Å². The summed E-state index contributed by atoms with van der Waals surface area (Å²) in [4.78, 5) is 31.0. The highest BCUT2D eigenvalue weighted by molar-refractivity contribution is 7.10. The van der Waals surface area contributed by atoms with Gasteiger partial charge in [-0.3, -0.25) is 9.59 Å². The van der Waals surface area contributed by atoms with E-state index in [0.717, 1.165) is 23.3 Å². The van der Waals surface area contributed by atoms with Crippen molar-refractivity contribution in [3.8, 4) is 5.75 Å². The second kappa shape index (κ2) is 10.8. The van der Waals surface area contributed by atoms with Crippen LogP contribution in [0.25, 0.3) is 0 Å². The van der Waals surface area contributed by atoms with Gasteiger partial charge in [-0.2, -0.15) is 0 Å². The van der Waals surface area contributed by atoms with Crippen LogP contribution in [-0.2, 0) is 11.2 Å². The van der Waals surface area contributed by atoms with E-state index in [1.807, 2.05) is 43.5 Å². The zero-order valence-corrected chi connectivity index (χ0v) is 20.3. The molecule has 0 fully saturated rings. The average Bonchev–Trinajstić information content (AvgIpc) is 3.32. The van der Waals surface area contributed by atoms with Crippen molar-refractivity contribution < 1.29 is 18.7 Å². The maximum Gasteiger partial charge on any atom is 0.257 e. The zero-order chi connectivity index (χ0) is 24.1. The molecule has 1 aromatic heterocycles. The SMILES string of the molecule is CCCN(CC(=O)N1CCc2sccc2C1COc1ccc(C)cc1)C(=O)c1ccccc1F. The number of rotatable bonds is 8. The standard InChI is InChI=1S/C27H29FN2O3S/c1-3-14-29(27(32)21-6-4-5-7-23(21)28)17-26(31)30-15-12-25-22(13-16-34-25)24(30)18-33-20-10-8-19(2)9-11-20/h4-11,13,16,24H,3,12,14-15,17-18H2,1-2H3. The number of benzene rings is 2. The van der Waals surface area contributed by atoms with Gasteiger partial charge in [0.25, 0.3) is 5.91 Å². The van der Waals surface area contributed by atoms with Gasteiger partial charge in [-0.05, 0) is 61.0 Å². The smallest absolute Gasteiger partial charge is 0.257 e. The third kappa shape index (κ3) is 5.30. The van der Waals surface area contributed by atoms with Gasteiger partial charge in [0.1, 0.15) is 24.7 Å². The van der Waals surface area contributed by atoms with Gasteiger partial charge < -0.3 is 14.5 Å². The molecule has 0 radical (unpaired) electrons. The van der Waals surface area contributed by atoms with E-state index in [4.69, 9.17) is 4.74 Å². The van der Waals surface area contributed by atoms with E-state index in [2.05, 4.69) is 6.07 Å². The van der Waals surface area contributed by atoms with E-state index in [1.165, 1.54) is 21.9 Å². The van der Waals surface area contributed by atoms with Gasteiger partial charge in [-0.1, -0.05) is 36.8 Å². The summed E-state index contributed by atoms with van der Waals surface area (Å²) in [6.07, 6.45) is 1.44. The fraction of sp³-hybridized carbons (Fsp3) is 0.333. The molecule has 34 heavy (non-hydrogen) atoms. The lowest BCUT2D eigenvalue weighted by Crippen LogP contribution is -2.48. The molecule has 0 saturated heterocycles. The molecule has 1 unspecified atom stereocenters. The molecule has 0 saturated carbocycles. The fourth-order valence-electron chi connectivity index (χ4n) is 4.27. The highest BCUT2D eigenvalue weighted by Crippen LogP contribution is 2.34. The van der Waals surface area contributed by atoms with E-state index in [9.17, 15) is 14.0 Å². The predicted molar refractivity (Wildman–Crippen MR) is 132 cm³/mol. The first-order valence-electron chi connectivity index (χ1n) is 11.6. The summed E-state index contributed by atoms with van der Waals surface area (Å²) < 4.78 is 20.3. The normalized spacial score (nSPS) is 15.0. The highest BCUT2D eigenvalue weighted by atomic mass is 32.1. The van der Waals surface area contributed by atoms with Crippen LogP contribution in [0.4, 0.5) is 4.39 Å². The number of hydrogen-bond acceptors (Lipinski definition) is 4. The third-order valence-electron chi connectivity index (χ3n) is 6.06. The number of aryl methyl sites for hydroxylation is 1. The van der Waals surface area contributed by atoms with Crippen LogP contribution in [-0.4, -0.2) is 47.9 Å². The maximum absolute atomic E-state index is 14.3. The first-order valence-corrected chi connectivity index (χ1v) is 12.4. The number of thiophene rings is 1. The highest BCUT2D eigenvalue weighted by Gasteiger charge is 2.33. The molecule has 4 rings (SSSR count). The molecule has 5 nitrogen and oxygen atoms in total. The summed E-state index contributed by atoms with van der Waals surface area (Å²) >= 11 is 1.69. The monoisotopic (exact) mass is 480 g/mol. The molecule has 1 atom stereocenters. The van der Waals surface area contributed by atoms with Crippen molar-refractivity contribution >= 4 is 23.2 Å². The Morgan fingerprint density at radius 1 is 1.15 bits per heavy atom. The Labute approximate surface area is 203 Å². The minimum absolute atomic E-state index is 0.0123. The van der Waals surface area contributed by atoms with Crippen LogP contribution >= 0.6 is 11.3 Å². The van der Waals surface area contributed by atoms with E-state index in [-0.39, 0.29) is 24.1 Å². The molecule has 178 valence electrons. The molecule has 0 aliphatic carbocycles. The van der Waals surface area contributed by atoms with Crippen LogP contribution in [0.1, 0.15) is 45.7 Å². The lowest BCUT2D eigenvalue weighted by Gasteiger charge is -2.37. The van der Waals surface area contributed by atoms with E-state index in [1.54, 1.807) is 28.4 Å². The van der Waals surface area contributed by atoms with Crippen molar-refractivity contribution in [3.63, 3.8) is 0 Å². The number of halogens is 1. The van der Waals surface area contributed by atoms with Gasteiger partial charge in [0.15, 0.2) is 0 Å². The zero-order valence-electron chi connectivity index (χ0n) is 19.5. The lowest BCUT2D eigenvalue weighted by molar-refractivity contribution is -0.135. The first kappa shape index (κ1) is 24.0. The van der Waals surface area contributed by atoms with Crippen LogP contribution in [0.15, 0.2) is 60.0 Å². The summed E-state index contributed by atoms with van der Waals surface area (Å²) in [6.45, 7) is 5.12. The molecular formula is C27H29FN2O3S. The third-order valence-corrected chi connectivity index (χ3v) is 7.05. The minimum Gasteiger partial charge on any atom is -0.491 e. The molecule has 2 heterocycles. The van der Waals surface area contributed by atoms with Crippen LogP contribution in [0.5, 0.6) is 5.75 Å². The van der Waals surface area contributed by atoms with Gasteiger partial charge in [0.2, 0.25) is 5.91 Å². The maximum atomic E-state index is 14.3. The largest absolute Gasteiger partial charge is 0.491 e. The molecule has 0 bridgehead atoms. The fourth-order valence-corrected chi connectivity index (χ4v) is 5.19. The summed E-state index contributed by atoms with van der Waals surface area (Å²) in [5, 5.41) is 2.04. The van der Waals surface area contributed by atoms with E-state index < -0.39 is 11.7 Å².